The fraction of sp³-hybridized carbons (Fsp3) is 0.636. The zero-order valence-corrected chi connectivity index (χ0v) is 36.3. The maximum atomic E-state index is 11.5. The molecule has 16 heteroatoms. The molecular formula is C33H46B2Na2O10S2. The van der Waals surface area contributed by atoms with E-state index in [9.17, 15) is 25.9 Å². The van der Waals surface area contributed by atoms with Gasteiger partial charge in [0, 0.05) is 16.9 Å². The zero-order chi connectivity index (χ0) is 34.8. The van der Waals surface area contributed by atoms with Crippen LogP contribution in [0.1, 0.15) is 105 Å². The second-order valence-corrected chi connectivity index (χ2v) is 18.4. The minimum Gasteiger partial charge on any atom is -0.748 e. The summed E-state index contributed by atoms with van der Waals surface area (Å²) < 4.78 is 94.6. The predicted octanol–water partition coefficient (Wildman–Crippen LogP) is -2.01. The average molecular weight is 734 g/mol. The van der Waals surface area contributed by atoms with Gasteiger partial charge in [0.2, 0.25) is 0 Å². The third-order valence-corrected chi connectivity index (χ3v) is 12.5. The molecule has 0 spiro atoms. The second kappa shape index (κ2) is 15.2. The molecule has 3 aliphatic rings. The topological polar surface area (TPSA) is 151 Å². The van der Waals surface area contributed by atoms with Crippen molar-refractivity contribution >= 4 is 45.4 Å². The van der Waals surface area contributed by atoms with Crippen molar-refractivity contribution in [1.82, 2.24) is 0 Å². The van der Waals surface area contributed by atoms with Crippen LogP contribution >= 0.6 is 0 Å². The number of fused-ring (bicyclic) bond motifs is 3. The monoisotopic (exact) mass is 734 g/mol. The molecule has 2 saturated heterocycles. The summed E-state index contributed by atoms with van der Waals surface area (Å²) in [5.41, 5.74) is 2.71. The molecule has 0 radical (unpaired) electrons. The summed E-state index contributed by atoms with van der Waals surface area (Å²) in [6.45, 7) is 15.9. The largest absolute Gasteiger partial charge is 1.00 e. The average Bonchev–Trinajstić information content (AvgIpc) is 3.42. The summed E-state index contributed by atoms with van der Waals surface area (Å²) in [6.07, 6.45) is 2.21. The quantitative estimate of drug-likeness (QED) is 0.136. The zero-order valence-electron chi connectivity index (χ0n) is 30.7. The van der Waals surface area contributed by atoms with Crippen molar-refractivity contribution in [3.63, 3.8) is 0 Å². The van der Waals surface area contributed by atoms with E-state index in [2.05, 4.69) is 24.3 Å². The molecule has 0 amide bonds. The van der Waals surface area contributed by atoms with Crippen molar-refractivity contribution in [1.29, 1.82) is 0 Å². The van der Waals surface area contributed by atoms with Crippen LogP contribution in [0.4, 0.5) is 0 Å². The Hall–Kier alpha value is 0.230. The Balaban J connectivity index is 0.00000325. The molecule has 258 valence electrons. The molecule has 0 unspecified atom stereocenters. The third kappa shape index (κ3) is 9.13. The molecule has 10 nitrogen and oxygen atoms in total. The number of rotatable bonds is 12. The first-order chi connectivity index (χ1) is 21.5. The standard InChI is InChI=1S/C33H48B2O10S2.2Na/c1-29(2)30(3,4)43-34(42-29)23-13-15-25-26-16-14-24(35-44-31(5,6)32(7,8)45-35)22-28(26)33(27(25)21-23,17-9-11-19-46(36,37)38)18-10-12-20-47(39,40)41;;/h13-16,21-22H,9-12,17-20H2,1-8H3,(H,36,37,38)(H,39,40,41);;/q;2*+1/p-2. The summed E-state index contributed by atoms with van der Waals surface area (Å²) in [6, 6.07) is 12.3. The summed E-state index contributed by atoms with van der Waals surface area (Å²) in [5, 5.41) is 0. The molecule has 0 saturated carbocycles. The molecule has 0 aromatic heterocycles. The van der Waals surface area contributed by atoms with Crippen LogP contribution in [0.5, 0.6) is 0 Å². The van der Waals surface area contributed by atoms with Crippen LogP contribution < -0.4 is 70.0 Å². The Morgan fingerprint density at radius 2 is 0.857 bits per heavy atom. The van der Waals surface area contributed by atoms with Crippen LogP contribution in [0.3, 0.4) is 0 Å². The fourth-order valence-electron chi connectivity index (χ4n) is 6.86. The van der Waals surface area contributed by atoms with Gasteiger partial charge >= 0.3 is 73.4 Å². The number of hydrogen-bond acceptors (Lipinski definition) is 10. The molecule has 2 aliphatic heterocycles. The Morgan fingerprint density at radius 1 is 0.551 bits per heavy atom. The van der Waals surface area contributed by atoms with E-state index in [-0.39, 0.29) is 72.0 Å². The minimum atomic E-state index is -4.40. The van der Waals surface area contributed by atoms with Crippen LogP contribution in [0, 0.1) is 0 Å². The SMILES string of the molecule is CC1(C)OB(c2ccc3c(c2)C(CCCCS(=O)(=O)[O-])(CCCCS(=O)(=O)[O-])c2cc(B4OC(C)(C)C(C)(C)O4)ccc2-3)OC1(C)C.[Na+].[Na+]. The fourth-order valence-corrected chi connectivity index (χ4v) is 7.97. The van der Waals surface area contributed by atoms with E-state index in [1.165, 1.54) is 0 Å². The van der Waals surface area contributed by atoms with Gasteiger partial charge < -0.3 is 27.7 Å². The van der Waals surface area contributed by atoms with Gasteiger partial charge in [-0.2, -0.15) is 0 Å². The Morgan fingerprint density at radius 3 is 1.14 bits per heavy atom. The Kier molecular flexibility index (Phi) is 13.5. The Labute approximate surface area is 337 Å². The summed E-state index contributed by atoms with van der Waals surface area (Å²) in [4.78, 5) is 0. The number of hydrogen-bond donors (Lipinski definition) is 0. The van der Waals surface area contributed by atoms with E-state index >= 15 is 0 Å². The van der Waals surface area contributed by atoms with E-state index in [1.54, 1.807) is 0 Å². The first-order valence-corrected chi connectivity index (χ1v) is 19.5. The molecule has 49 heavy (non-hydrogen) atoms. The van der Waals surface area contributed by atoms with Gasteiger partial charge in [0.1, 0.15) is 0 Å². The molecule has 2 heterocycles. The smallest absolute Gasteiger partial charge is 0.748 e. The van der Waals surface area contributed by atoms with Crippen molar-refractivity contribution < 1.29 is 104 Å². The van der Waals surface area contributed by atoms with Crippen LogP contribution in [0.25, 0.3) is 11.1 Å². The van der Waals surface area contributed by atoms with Crippen LogP contribution in [0.15, 0.2) is 36.4 Å². The second-order valence-electron chi connectivity index (χ2n) is 15.3. The first kappa shape index (κ1) is 43.6. The van der Waals surface area contributed by atoms with Gasteiger partial charge in [-0.3, -0.25) is 0 Å². The van der Waals surface area contributed by atoms with Gasteiger partial charge in [0.25, 0.3) is 0 Å². The van der Waals surface area contributed by atoms with Crippen molar-refractivity contribution in [2.45, 2.75) is 122 Å². The molecule has 2 fully saturated rings. The maximum Gasteiger partial charge on any atom is 1.00 e. The summed E-state index contributed by atoms with van der Waals surface area (Å²) >= 11 is 0. The number of benzene rings is 2. The van der Waals surface area contributed by atoms with Crippen molar-refractivity contribution in [3.05, 3.63) is 47.5 Å². The van der Waals surface area contributed by atoms with Crippen molar-refractivity contribution in [2.75, 3.05) is 11.5 Å². The van der Waals surface area contributed by atoms with Crippen LogP contribution in [-0.4, -0.2) is 74.1 Å². The van der Waals surface area contributed by atoms with Crippen molar-refractivity contribution in [2.24, 2.45) is 0 Å². The van der Waals surface area contributed by atoms with Gasteiger partial charge in [-0.15, -0.1) is 0 Å². The van der Waals surface area contributed by atoms with E-state index in [1.807, 2.05) is 67.5 Å². The molecule has 0 bridgehead atoms. The van der Waals surface area contributed by atoms with Gasteiger partial charge in [-0.1, -0.05) is 49.2 Å². The predicted molar refractivity (Wildman–Crippen MR) is 181 cm³/mol. The van der Waals surface area contributed by atoms with Gasteiger partial charge in [0.05, 0.1) is 42.6 Å². The summed E-state index contributed by atoms with van der Waals surface area (Å²) in [5.74, 6) is -0.946. The molecule has 0 N–H and O–H groups in total. The van der Waals surface area contributed by atoms with E-state index in [0.717, 1.165) is 33.2 Å². The Bertz CT molecular complexity index is 1590. The van der Waals surface area contributed by atoms with E-state index < -0.39 is 73.8 Å². The van der Waals surface area contributed by atoms with Crippen LogP contribution in [-0.2, 0) is 44.3 Å². The maximum absolute atomic E-state index is 11.5. The van der Waals surface area contributed by atoms with Gasteiger partial charge in [-0.05, 0) is 114 Å². The van der Waals surface area contributed by atoms with Gasteiger partial charge in [-0.25, -0.2) is 16.8 Å². The minimum absolute atomic E-state index is 0. The van der Waals surface area contributed by atoms with E-state index in [4.69, 9.17) is 18.6 Å². The molecule has 2 aromatic rings. The van der Waals surface area contributed by atoms with Crippen LogP contribution in [0.2, 0.25) is 0 Å². The third-order valence-electron chi connectivity index (χ3n) is 11.0. The first-order valence-electron chi connectivity index (χ1n) is 16.3. The molecular weight excluding hydrogens is 688 g/mol. The molecule has 1 aliphatic carbocycles. The molecule has 2 aromatic carbocycles. The van der Waals surface area contributed by atoms with E-state index in [0.29, 0.717) is 25.7 Å². The molecule has 5 rings (SSSR count). The normalized spacial score (nSPS) is 21.1. The van der Waals surface area contributed by atoms with Crippen molar-refractivity contribution in [3.8, 4) is 11.1 Å². The van der Waals surface area contributed by atoms with Gasteiger partial charge in [0.15, 0.2) is 0 Å². The summed E-state index contributed by atoms with van der Waals surface area (Å²) in [7, 11) is -10.0. The molecule has 0 atom stereocenters. The number of unbranched alkanes of at least 4 members (excludes halogenated alkanes) is 2.